The van der Waals surface area contributed by atoms with Gasteiger partial charge in [-0.05, 0) is 66.7 Å². The molecule has 0 nitrogen and oxygen atoms in total. The summed E-state index contributed by atoms with van der Waals surface area (Å²) in [5.41, 5.74) is 5.34. The monoisotopic (exact) mass is 352 g/mol. The summed E-state index contributed by atoms with van der Waals surface area (Å²) in [4.78, 5) is 0. The zero-order chi connectivity index (χ0) is 18.2. The third-order valence-electron chi connectivity index (χ3n) is 5.84. The highest BCUT2D eigenvalue weighted by Crippen LogP contribution is 2.39. The molecule has 0 aromatic heterocycles. The van der Waals surface area contributed by atoms with E-state index in [0.29, 0.717) is 12.3 Å². The topological polar surface area (TPSA) is 0 Å². The zero-order valence-electron chi connectivity index (χ0n) is 16.2. The van der Waals surface area contributed by atoms with E-state index >= 15 is 0 Å². The van der Waals surface area contributed by atoms with Gasteiger partial charge in [-0.3, -0.25) is 0 Å². The lowest BCUT2D eigenvalue weighted by Crippen LogP contribution is -2.15. The summed E-state index contributed by atoms with van der Waals surface area (Å²) in [6.45, 7) is 2.26. The Hall–Kier alpha value is -1.63. The van der Waals surface area contributed by atoms with Crippen molar-refractivity contribution in [3.05, 3.63) is 59.7 Å². The first-order valence-corrected chi connectivity index (χ1v) is 10.6. The van der Waals surface area contributed by atoms with Crippen molar-refractivity contribution in [2.24, 2.45) is 0 Å². The normalized spacial score (nSPS) is 20.2. The minimum Gasteiger partial charge on any atom is -0.247 e. The van der Waals surface area contributed by atoms with Gasteiger partial charge in [0.1, 0.15) is 6.17 Å². The Bertz CT molecular complexity index is 658. The number of hydrogen-bond donors (Lipinski definition) is 0. The van der Waals surface area contributed by atoms with Crippen molar-refractivity contribution in [1.29, 1.82) is 0 Å². The molecule has 1 aliphatic carbocycles. The molecule has 3 rings (SSSR count). The van der Waals surface area contributed by atoms with E-state index < -0.39 is 6.17 Å². The van der Waals surface area contributed by atoms with Crippen LogP contribution in [-0.2, 0) is 6.42 Å². The van der Waals surface area contributed by atoms with E-state index in [1.165, 1.54) is 60.8 Å². The van der Waals surface area contributed by atoms with Crippen molar-refractivity contribution in [2.45, 2.75) is 83.2 Å². The molecule has 26 heavy (non-hydrogen) atoms. The third kappa shape index (κ3) is 5.19. The van der Waals surface area contributed by atoms with Gasteiger partial charge >= 0.3 is 0 Å². The van der Waals surface area contributed by atoms with Crippen LogP contribution in [0, 0.1) is 0 Å². The maximum absolute atomic E-state index is 13.9. The van der Waals surface area contributed by atoms with E-state index in [0.717, 1.165) is 19.3 Å². The molecule has 0 saturated heterocycles. The molecular formula is C25H33F. The van der Waals surface area contributed by atoms with Crippen LogP contribution >= 0.6 is 0 Å². The summed E-state index contributed by atoms with van der Waals surface area (Å²) in [5, 5.41) is 0. The summed E-state index contributed by atoms with van der Waals surface area (Å²) in [7, 11) is 0. The lowest BCUT2D eigenvalue weighted by Gasteiger charge is -2.26. The first-order valence-electron chi connectivity index (χ1n) is 10.6. The van der Waals surface area contributed by atoms with Crippen LogP contribution in [0.5, 0.6) is 0 Å². The first kappa shape index (κ1) is 19.1. The van der Waals surface area contributed by atoms with Crippen LogP contribution in [-0.4, -0.2) is 6.17 Å². The van der Waals surface area contributed by atoms with Gasteiger partial charge in [0, 0.05) is 0 Å². The molecule has 2 atom stereocenters. The van der Waals surface area contributed by atoms with Gasteiger partial charge in [0.25, 0.3) is 0 Å². The number of halogens is 1. The zero-order valence-corrected chi connectivity index (χ0v) is 16.2. The van der Waals surface area contributed by atoms with Gasteiger partial charge in [-0.1, -0.05) is 81.1 Å². The molecule has 2 aromatic carbocycles. The Morgan fingerprint density at radius 2 is 1.65 bits per heavy atom. The second-order valence-electron chi connectivity index (χ2n) is 7.91. The minimum absolute atomic E-state index is 0.369. The molecule has 0 aliphatic heterocycles. The standard InChI is InChI=1S/C25H33F/c1-2-3-4-5-6-10-20-15-17-21(18-16-20)24-13-7-8-14-25(24)22-11-9-12-23(26)19-22/h7-8,13-18,22-23H,2-6,9-12,19H2,1H3. The van der Waals surface area contributed by atoms with Crippen LogP contribution in [0.3, 0.4) is 0 Å². The SMILES string of the molecule is CCCCCCCc1ccc(-c2ccccc2C2CCCC(F)C2)cc1. The number of alkyl halides is 1. The molecule has 1 fully saturated rings. The highest BCUT2D eigenvalue weighted by Gasteiger charge is 2.24. The van der Waals surface area contributed by atoms with Crippen LogP contribution < -0.4 is 0 Å². The molecule has 2 unspecified atom stereocenters. The maximum atomic E-state index is 13.9. The molecule has 140 valence electrons. The van der Waals surface area contributed by atoms with Crippen molar-refractivity contribution in [3.63, 3.8) is 0 Å². The summed E-state index contributed by atoms with van der Waals surface area (Å²) in [6.07, 6.45) is 10.8. The average molecular weight is 353 g/mol. The van der Waals surface area contributed by atoms with Crippen molar-refractivity contribution in [3.8, 4) is 11.1 Å². The molecule has 0 bridgehead atoms. The second-order valence-corrected chi connectivity index (χ2v) is 7.91. The molecule has 0 heterocycles. The molecule has 1 saturated carbocycles. The molecular weight excluding hydrogens is 319 g/mol. The molecule has 0 amide bonds. The van der Waals surface area contributed by atoms with E-state index in [1.807, 2.05) is 0 Å². The lowest BCUT2D eigenvalue weighted by atomic mass is 9.80. The Morgan fingerprint density at radius 3 is 2.42 bits per heavy atom. The predicted octanol–water partition coefficient (Wildman–Crippen LogP) is 7.86. The predicted molar refractivity (Wildman–Crippen MR) is 110 cm³/mol. The summed E-state index contributed by atoms with van der Waals surface area (Å²) < 4.78 is 13.9. The average Bonchev–Trinajstić information content (AvgIpc) is 2.68. The Kier molecular flexibility index (Phi) is 7.29. The van der Waals surface area contributed by atoms with Crippen LogP contribution in [0.4, 0.5) is 4.39 Å². The number of rotatable bonds is 8. The van der Waals surface area contributed by atoms with Crippen LogP contribution in [0.25, 0.3) is 11.1 Å². The summed E-state index contributed by atoms with van der Waals surface area (Å²) in [6, 6.07) is 17.7. The third-order valence-corrected chi connectivity index (χ3v) is 5.84. The quantitative estimate of drug-likeness (QED) is 0.424. The fourth-order valence-electron chi connectivity index (χ4n) is 4.31. The van der Waals surface area contributed by atoms with Gasteiger partial charge in [0.05, 0.1) is 0 Å². The molecule has 0 N–H and O–H groups in total. The summed E-state index contributed by atoms with van der Waals surface area (Å²) >= 11 is 0. The van der Waals surface area contributed by atoms with Crippen LogP contribution in [0.1, 0.15) is 81.8 Å². The molecule has 1 aliphatic rings. The van der Waals surface area contributed by atoms with Gasteiger partial charge in [0.15, 0.2) is 0 Å². The summed E-state index contributed by atoms with van der Waals surface area (Å²) in [5.74, 6) is 0.369. The molecule has 1 heteroatoms. The largest absolute Gasteiger partial charge is 0.247 e. The molecule has 0 radical (unpaired) electrons. The maximum Gasteiger partial charge on any atom is 0.101 e. The Morgan fingerprint density at radius 1 is 0.885 bits per heavy atom. The van der Waals surface area contributed by atoms with Crippen LogP contribution in [0.2, 0.25) is 0 Å². The number of hydrogen-bond acceptors (Lipinski definition) is 0. The van der Waals surface area contributed by atoms with Crippen molar-refractivity contribution >= 4 is 0 Å². The van der Waals surface area contributed by atoms with Crippen LogP contribution in [0.15, 0.2) is 48.5 Å². The second kappa shape index (κ2) is 9.90. The van der Waals surface area contributed by atoms with E-state index in [-0.39, 0.29) is 0 Å². The highest BCUT2D eigenvalue weighted by molar-refractivity contribution is 5.68. The van der Waals surface area contributed by atoms with E-state index in [4.69, 9.17) is 0 Å². The number of aryl methyl sites for hydroxylation is 1. The van der Waals surface area contributed by atoms with Gasteiger partial charge < -0.3 is 0 Å². The van der Waals surface area contributed by atoms with E-state index in [2.05, 4.69) is 55.5 Å². The lowest BCUT2D eigenvalue weighted by molar-refractivity contribution is 0.231. The fraction of sp³-hybridized carbons (Fsp3) is 0.520. The van der Waals surface area contributed by atoms with E-state index in [1.54, 1.807) is 0 Å². The Balaban J connectivity index is 1.67. The smallest absolute Gasteiger partial charge is 0.101 e. The van der Waals surface area contributed by atoms with Gasteiger partial charge in [0.2, 0.25) is 0 Å². The van der Waals surface area contributed by atoms with E-state index in [9.17, 15) is 4.39 Å². The Labute approximate surface area is 158 Å². The molecule has 0 spiro atoms. The minimum atomic E-state index is -0.628. The first-order chi connectivity index (χ1) is 12.8. The van der Waals surface area contributed by atoms with Crippen molar-refractivity contribution in [2.75, 3.05) is 0 Å². The van der Waals surface area contributed by atoms with Gasteiger partial charge in [-0.25, -0.2) is 4.39 Å². The van der Waals surface area contributed by atoms with Gasteiger partial charge in [-0.15, -0.1) is 0 Å². The fourth-order valence-corrected chi connectivity index (χ4v) is 4.31. The number of unbranched alkanes of at least 4 members (excludes halogenated alkanes) is 4. The van der Waals surface area contributed by atoms with Gasteiger partial charge in [-0.2, -0.15) is 0 Å². The van der Waals surface area contributed by atoms with Crippen molar-refractivity contribution in [1.82, 2.24) is 0 Å². The molecule has 2 aromatic rings. The number of benzene rings is 2. The highest BCUT2D eigenvalue weighted by atomic mass is 19.1. The van der Waals surface area contributed by atoms with Crippen molar-refractivity contribution < 1.29 is 4.39 Å².